The molecule has 0 spiro atoms. The molecule has 0 aromatic heterocycles. The normalized spacial score (nSPS) is 12.9. The van der Waals surface area contributed by atoms with Gasteiger partial charge in [0.15, 0.2) is 0 Å². The molecule has 312 valence electrons. The summed E-state index contributed by atoms with van der Waals surface area (Å²) >= 11 is 1.48. The average Bonchev–Trinajstić information content (AvgIpc) is 3.18. The number of Topliss-reactive ketones (excluding diaryl/α,β-unsaturated/α-hetero) is 1. The molecule has 58 heavy (non-hydrogen) atoms. The Morgan fingerprint density at radius 1 is 0.828 bits per heavy atom. The molecule has 0 fully saturated rings. The van der Waals surface area contributed by atoms with Crippen molar-refractivity contribution in [3.63, 3.8) is 0 Å². The average molecular weight is 829 g/mol. The lowest BCUT2D eigenvalue weighted by Crippen LogP contribution is -2.23. The van der Waals surface area contributed by atoms with Crippen LogP contribution in [0, 0.1) is 22.2 Å². The number of aromatic hydroxyl groups is 1. The van der Waals surface area contributed by atoms with Crippen LogP contribution in [-0.2, 0) is 23.5 Å². The number of nitrogens with zero attached hydrogens (tertiary/aromatic N) is 2. The van der Waals surface area contributed by atoms with Crippen LogP contribution in [0.15, 0.2) is 108 Å². The molecule has 0 amide bonds. The van der Waals surface area contributed by atoms with Crippen molar-refractivity contribution in [3.05, 3.63) is 125 Å². The second-order valence-electron chi connectivity index (χ2n) is 16.6. The number of nitriles is 1. The van der Waals surface area contributed by atoms with E-state index in [1.165, 1.54) is 24.1 Å². The number of allylic oxidation sites excluding steroid dienone is 1. The van der Waals surface area contributed by atoms with Gasteiger partial charge in [0.25, 0.3) is 5.66 Å². The van der Waals surface area contributed by atoms with Gasteiger partial charge in [-0.1, -0.05) is 128 Å². The van der Waals surface area contributed by atoms with Crippen molar-refractivity contribution < 1.29 is 23.4 Å². The quantitative estimate of drug-likeness (QED) is 0.0612. The minimum atomic E-state index is -3.37. The zero-order valence-electron chi connectivity index (χ0n) is 36.0. The van der Waals surface area contributed by atoms with Gasteiger partial charge in [0.05, 0.1) is 29.2 Å². The Labute approximate surface area is 351 Å². The summed E-state index contributed by atoms with van der Waals surface area (Å²) in [6, 6.07) is 29.9. The van der Waals surface area contributed by atoms with Crippen LogP contribution in [0.1, 0.15) is 103 Å². The Kier molecular flexibility index (Phi) is 17.6. The predicted octanol–water partition coefficient (Wildman–Crippen LogP) is 14.0. The fourth-order valence-electron chi connectivity index (χ4n) is 6.40. The molecule has 0 radical (unpaired) electrons. The first-order valence-corrected chi connectivity index (χ1v) is 23.2. The van der Waals surface area contributed by atoms with Gasteiger partial charge in [-0.3, -0.25) is 4.79 Å². The molecule has 1 unspecified atom stereocenters. The predicted molar refractivity (Wildman–Crippen MR) is 243 cm³/mol. The monoisotopic (exact) mass is 828 g/mol. The van der Waals surface area contributed by atoms with E-state index in [1.54, 1.807) is 19.2 Å². The number of ketones is 1. The topological polar surface area (TPSA) is 73.6 Å². The van der Waals surface area contributed by atoms with Gasteiger partial charge in [0.1, 0.15) is 17.3 Å². The summed E-state index contributed by atoms with van der Waals surface area (Å²) in [6.07, 6.45) is 6.27. The highest BCUT2D eigenvalue weighted by Gasteiger charge is 2.46. The van der Waals surface area contributed by atoms with Crippen molar-refractivity contribution in [3.8, 4) is 28.7 Å². The van der Waals surface area contributed by atoms with E-state index in [9.17, 15) is 15.2 Å². The second kappa shape index (κ2) is 21.2. The molecule has 1 atom stereocenters. The number of benzene rings is 4. The SMILES string of the molecule is C=C(CCCP(=C)(CCCC(=O)C(C)(C)C)C(F)(F)c1ccc(CN(Cc2ccc(-c3cccc(C#N)c3)cc2)Sc2ccccc2OC)cc1O)C(C)(C)C.CC. The second-order valence-corrected chi connectivity index (χ2v) is 21.5. The molecule has 0 saturated carbocycles. The summed E-state index contributed by atoms with van der Waals surface area (Å²) in [5, 5.41) is 20.7. The van der Waals surface area contributed by atoms with Gasteiger partial charge in [0, 0.05) is 24.9 Å². The molecule has 4 aromatic rings. The number of alkyl halides is 2. The first-order chi connectivity index (χ1) is 27.3. The lowest BCUT2D eigenvalue weighted by molar-refractivity contribution is -0.126. The van der Waals surface area contributed by atoms with Gasteiger partial charge in [-0.05, 0) is 114 Å². The third-order valence-electron chi connectivity index (χ3n) is 10.2. The van der Waals surface area contributed by atoms with E-state index in [1.807, 2.05) is 101 Å². The van der Waals surface area contributed by atoms with Gasteiger partial charge in [0.2, 0.25) is 0 Å². The zero-order chi connectivity index (χ0) is 43.3. The van der Waals surface area contributed by atoms with Gasteiger partial charge in [-0.15, -0.1) is 0 Å². The molecule has 5 nitrogen and oxygen atoms in total. The molecule has 0 aliphatic rings. The van der Waals surface area contributed by atoms with Crippen LogP contribution in [0.4, 0.5) is 8.78 Å². The number of carbonyl (C=O) groups is 1. The first kappa shape index (κ1) is 48.2. The van der Waals surface area contributed by atoms with E-state index in [0.717, 1.165) is 27.2 Å². The van der Waals surface area contributed by atoms with Crippen LogP contribution < -0.4 is 4.74 Å². The number of phenols is 1. The molecule has 0 saturated heterocycles. The Balaban J connectivity index is 0.00000443. The number of carbonyl (C=O) groups excluding carboxylic acids is 1. The third kappa shape index (κ3) is 13.2. The smallest absolute Gasteiger partial charge is 0.292 e. The summed E-state index contributed by atoms with van der Waals surface area (Å²) in [5.41, 5.74) is 0.748. The third-order valence-corrected chi connectivity index (χ3v) is 15.1. The maximum Gasteiger partial charge on any atom is 0.292 e. The van der Waals surface area contributed by atoms with Gasteiger partial charge in [-0.2, -0.15) is 14.0 Å². The van der Waals surface area contributed by atoms with Crippen LogP contribution in [0.25, 0.3) is 11.1 Å². The number of phenolic OH excluding ortho intramolecular Hbond substituents is 1. The molecule has 0 aliphatic carbocycles. The van der Waals surface area contributed by atoms with Gasteiger partial charge < -0.3 is 9.84 Å². The van der Waals surface area contributed by atoms with Crippen LogP contribution in [-0.4, -0.2) is 40.9 Å². The van der Waals surface area contributed by atoms with Crippen molar-refractivity contribution in [2.45, 2.75) is 105 Å². The van der Waals surface area contributed by atoms with E-state index in [4.69, 9.17) is 4.74 Å². The first-order valence-electron chi connectivity index (χ1n) is 20.1. The number of hydrogen-bond donors (Lipinski definition) is 1. The minimum absolute atomic E-state index is 0.0394. The lowest BCUT2D eigenvalue weighted by Gasteiger charge is -2.35. The molecule has 4 aromatic carbocycles. The maximum absolute atomic E-state index is 16.9. The van der Waals surface area contributed by atoms with E-state index >= 15 is 8.78 Å². The highest BCUT2D eigenvalue weighted by atomic mass is 32.2. The van der Waals surface area contributed by atoms with Crippen molar-refractivity contribution in [2.24, 2.45) is 10.8 Å². The van der Waals surface area contributed by atoms with Crippen molar-refractivity contribution in [1.29, 1.82) is 5.26 Å². The van der Waals surface area contributed by atoms with E-state index in [0.29, 0.717) is 49.2 Å². The Bertz CT molecular complexity index is 2040. The number of methoxy groups -OCH3 is 1. The lowest BCUT2D eigenvalue weighted by atomic mass is 9.85. The molecular weight excluding hydrogens is 766 g/mol. The highest BCUT2D eigenvalue weighted by Crippen LogP contribution is 2.67. The van der Waals surface area contributed by atoms with E-state index in [-0.39, 0.29) is 29.9 Å². The Morgan fingerprint density at radius 2 is 1.43 bits per heavy atom. The molecule has 1 N–H and O–H groups in total. The fraction of sp³-hybridized carbons (Fsp3) is 0.408. The highest BCUT2D eigenvalue weighted by molar-refractivity contribution is 7.97. The summed E-state index contributed by atoms with van der Waals surface area (Å²) < 4.78 is 41.5. The molecular formula is C49H63F2N2O3PS. The summed E-state index contributed by atoms with van der Waals surface area (Å²) in [6.45, 7) is 17.5. The Morgan fingerprint density at radius 3 is 2.02 bits per heavy atom. The number of rotatable bonds is 18. The molecule has 0 aliphatic heterocycles. The van der Waals surface area contributed by atoms with Crippen molar-refractivity contribution in [1.82, 2.24) is 4.31 Å². The largest absolute Gasteiger partial charge is 0.507 e. The number of halogens is 2. The van der Waals surface area contributed by atoms with E-state index < -0.39 is 29.3 Å². The van der Waals surface area contributed by atoms with Crippen LogP contribution in [0.3, 0.4) is 0 Å². The molecule has 0 bridgehead atoms. The zero-order valence-corrected chi connectivity index (χ0v) is 37.7. The van der Waals surface area contributed by atoms with Crippen molar-refractivity contribution in [2.75, 3.05) is 19.4 Å². The molecule has 9 heteroatoms. The van der Waals surface area contributed by atoms with Crippen LogP contribution in [0.2, 0.25) is 0 Å². The fourth-order valence-corrected chi connectivity index (χ4v) is 10.5. The van der Waals surface area contributed by atoms with Crippen LogP contribution in [0.5, 0.6) is 11.5 Å². The van der Waals surface area contributed by atoms with Gasteiger partial charge >= 0.3 is 0 Å². The minimum Gasteiger partial charge on any atom is -0.507 e. The summed E-state index contributed by atoms with van der Waals surface area (Å²) in [5.74, 6) is 0.285. The van der Waals surface area contributed by atoms with Crippen molar-refractivity contribution >= 4 is 30.9 Å². The van der Waals surface area contributed by atoms with Gasteiger partial charge in [-0.25, -0.2) is 4.31 Å². The Hall–Kier alpha value is -4.15. The molecule has 4 rings (SSSR count). The van der Waals surface area contributed by atoms with E-state index in [2.05, 4.69) is 44.0 Å². The number of ether oxygens (including phenoxy) is 1. The number of para-hydroxylation sites is 1. The summed E-state index contributed by atoms with van der Waals surface area (Å²) in [4.78, 5) is 13.6. The standard InChI is InChI=1S/C47H57F2N2O3PS.C2H6/c1-34(45(2,3)4)15-13-27-55(9,28-14-20-44(53)46(5,6)7)47(48,49)40-26-23-37(30-41(40)52)33-51(56-43-19-11-10-18-42(43)54-8)32-35-21-24-38(25-22-35)39-17-12-16-36(29-39)31-50;1-2/h10-12,16-19,21-26,29-30,52H,1,9,13-15,20,27-28,32-33H2,2-8H3;1-2H3. The van der Waals surface area contributed by atoms with Crippen LogP contribution >= 0.6 is 18.8 Å². The maximum atomic E-state index is 16.9. The molecule has 0 heterocycles. The number of hydrogen-bond acceptors (Lipinski definition) is 6. The summed E-state index contributed by atoms with van der Waals surface area (Å²) in [7, 11) is 1.62.